The van der Waals surface area contributed by atoms with Crippen molar-refractivity contribution < 1.29 is 9.53 Å². The Labute approximate surface area is 128 Å². The Morgan fingerprint density at radius 3 is 2.90 bits per heavy atom. The first-order valence-corrected chi connectivity index (χ1v) is 7.30. The van der Waals surface area contributed by atoms with Crippen LogP contribution < -0.4 is 10.5 Å². The summed E-state index contributed by atoms with van der Waals surface area (Å²) in [5, 5.41) is 1.08. The molecule has 4 nitrogen and oxygen atoms in total. The zero-order valence-corrected chi connectivity index (χ0v) is 12.9. The van der Waals surface area contributed by atoms with E-state index >= 15 is 0 Å². The number of ether oxygens (including phenoxy) is 1. The smallest absolute Gasteiger partial charge is 0.221 e. The van der Waals surface area contributed by atoms with E-state index in [-0.39, 0.29) is 11.8 Å². The number of hydrogen-bond donors (Lipinski definition) is 1. The summed E-state index contributed by atoms with van der Waals surface area (Å²) in [7, 11) is 1.58. The predicted octanol–water partition coefficient (Wildman–Crippen LogP) is 2.70. The third-order valence-corrected chi connectivity index (χ3v) is 4.09. The van der Waals surface area contributed by atoms with E-state index in [2.05, 4.69) is 4.90 Å². The van der Waals surface area contributed by atoms with Crippen molar-refractivity contribution in [3.05, 3.63) is 27.7 Å². The van der Waals surface area contributed by atoms with Crippen molar-refractivity contribution in [2.45, 2.75) is 19.4 Å². The topological polar surface area (TPSA) is 55.6 Å². The Morgan fingerprint density at radius 1 is 1.50 bits per heavy atom. The van der Waals surface area contributed by atoms with Gasteiger partial charge in [0.15, 0.2) is 0 Å². The molecule has 2 rings (SSSR count). The lowest BCUT2D eigenvalue weighted by atomic mass is 9.97. The second kappa shape index (κ2) is 6.66. The first-order chi connectivity index (χ1) is 9.51. The van der Waals surface area contributed by atoms with E-state index in [1.54, 1.807) is 13.2 Å². The summed E-state index contributed by atoms with van der Waals surface area (Å²) in [6.07, 6.45) is 1.82. The van der Waals surface area contributed by atoms with Crippen molar-refractivity contribution in [2.75, 3.05) is 20.2 Å². The predicted molar refractivity (Wildman–Crippen MR) is 80.2 cm³/mol. The lowest BCUT2D eigenvalue weighted by Crippen LogP contribution is -2.40. The molecule has 6 heteroatoms. The first-order valence-electron chi connectivity index (χ1n) is 6.55. The van der Waals surface area contributed by atoms with Crippen molar-refractivity contribution in [1.82, 2.24) is 4.90 Å². The molecule has 0 radical (unpaired) electrons. The quantitative estimate of drug-likeness (QED) is 0.929. The van der Waals surface area contributed by atoms with Gasteiger partial charge in [-0.05, 0) is 31.5 Å². The SMILES string of the molecule is COc1c(Cl)cc(Cl)cc1CN1CCC[C@@H](C(N)=O)C1. The largest absolute Gasteiger partial charge is 0.495 e. The lowest BCUT2D eigenvalue weighted by Gasteiger charge is -2.31. The number of primary amides is 1. The van der Waals surface area contributed by atoms with E-state index in [9.17, 15) is 4.79 Å². The van der Waals surface area contributed by atoms with Gasteiger partial charge in [0.05, 0.1) is 18.1 Å². The van der Waals surface area contributed by atoms with Gasteiger partial charge in [-0.25, -0.2) is 0 Å². The summed E-state index contributed by atoms with van der Waals surface area (Å²) >= 11 is 12.2. The van der Waals surface area contributed by atoms with Crippen molar-refractivity contribution >= 4 is 29.1 Å². The lowest BCUT2D eigenvalue weighted by molar-refractivity contribution is -0.123. The molecule has 20 heavy (non-hydrogen) atoms. The highest BCUT2D eigenvalue weighted by Crippen LogP contribution is 2.33. The molecule has 1 aliphatic rings. The Kier molecular flexibility index (Phi) is 5.13. The molecular weight excluding hydrogens is 299 g/mol. The van der Waals surface area contributed by atoms with E-state index in [1.165, 1.54) is 0 Å². The van der Waals surface area contributed by atoms with Gasteiger partial charge in [0.2, 0.25) is 5.91 Å². The van der Waals surface area contributed by atoms with Gasteiger partial charge in [0.1, 0.15) is 5.75 Å². The fourth-order valence-corrected chi connectivity index (χ4v) is 3.24. The molecule has 1 saturated heterocycles. The van der Waals surface area contributed by atoms with Crippen LogP contribution in [0.3, 0.4) is 0 Å². The molecule has 0 bridgehead atoms. The minimum Gasteiger partial charge on any atom is -0.495 e. The molecule has 1 heterocycles. The van der Waals surface area contributed by atoms with Gasteiger partial charge in [-0.3, -0.25) is 9.69 Å². The molecule has 1 atom stereocenters. The number of hydrogen-bond acceptors (Lipinski definition) is 3. The van der Waals surface area contributed by atoms with Gasteiger partial charge in [-0.1, -0.05) is 23.2 Å². The molecule has 1 aliphatic heterocycles. The number of carbonyl (C=O) groups is 1. The number of benzene rings is 1. The Balaban J connectivity index is 2.15. The minimum absolute atomic E-state index is 0.0793. The number of methoxy groups -OCH3 is 1. The number of carbonyl (C=O) groups excluding carboxylic acids is 1. The second-order valence-corrected chi connectivity index (χ2v) is 5.90. The molecule has 0 saturated carbocycles. The van der Waals surface area contributed by atoms with E-state index in [0.29, 0.717) is 28.9 Å². The summed E-state index contributed by atoms with van der Waals surface area (Å²) in [5.41, 5.74) is 6.32. The maximum absolute atomic E-state index is 11.3. The van der Waals surface area contributed by atoms with Gasteiger partial charge in [0.25, 0.3) is 0 Å². The molecule has 0 aromatic heterocycles. The zero-order valence-electron chi connectivity index (χ0n) is 11.4. The van der Waals surface area contributed by atoms with Crippen LogP contribution >= 0.6 is 23.2 Å². The highest BCUT2D eigenvalue weighted by atomic mass is 35.5. The molecule has 1 fully saturated rings. The van der Waals surface area contributed by atoms with Gasteiger partial charge in [-0.15, -0.1) is 0 Å². The first kappa shape index (κ1) is 15.4. The highest BCUT2D eigenvalue weighted by Gasteiger charge is 2.25. The van der Waals surface area contributed by atoms with Gasteiger partial charge < -0.3 is 10.5 Å². The maximum Gasteiger partial charge on any atom is 0.221 e. The van der Waals surface area contributed by atoms with Crippen molar-refractivity contribution in [3.63, 3.8) is 0 Å². The van der Waals surface area contributed by atoms with Crippen LogP contribution in [0.15, 0.2) is 12.1 Å². The van der Waals surface area contributed by atoms with Crippen LogP contribution in [0, 0.1) is 5.92 Å². The van der Waals surface area contributed by atoms with Crippen LogP contribution in [0.2, 0.25) is 10.0 Å². The number of rotatable bonds is 4. The Morgan fingerprint density at radius 2 is 2.25 bits per heavy atom. The van der Waals surface area contributed by atoms with Crippen LogP contribution in [0.25, 0.3) is 0 Å². The van der Waals surface area contributed by atoms with Crippen LogP contribution in [0.5, 0.6) is 5.75 Å². The monoisotopic (exact) mass is 316 g/mol. The van der Waals surface area contributed by atoms with Crippen molar-refractivity contribution in [2.24, 2.45) is 11.7 Å². The molecule has 0 aliphatic carbocycles. The highest BCUT2D eigenvalue weighted by molar-refractivity contribution is 6.35. The van der Waals surface area contributed by atoms with Gasteiger partial charge >= 0.3 is 0 Å². The Hall–Kier alpha value is -0.970. The van der Waals surface area contributed by atoms with Crippen molar-refractivity contribution in [1.29, 1.82) is 0 Å². The molecule has 1 aromatic carbocycles. The number of likely N-dealkylation sites (tertiary alicyclic amines) is 1. The number of piperidine rings is 1. The van der Waals surface area contributed by atoms with Crippen LogP contribution in [-0.4, -0.2) is 31.0 Å². The normalized spacial score (nSPS) is 19.9. The molecule has 1 aromatic rings. The summed E-state index contributed by atoms with van der Waals surface area (Å²) in [6, 6.07) is 3.51. The third-order valence-electron chi connectivity index (χ3n) is 3.59. The Bertz CT molecular complexity index is 508. The average molecular weight is 317 g/mol. The summed E-state index contributed by atoms with van der Waals surface area (Å²) < 4.78 is 5.34. The van der Waals surface area contributed by atoms with E-state index in [0.717, 1.165) is 24.9 Å². The third kappa shape index (κ3) is 3.57. The fraction of sp³-hybridized carbons (Fsp3) is 0.500. The second-order valence-electron chi connectivity index (χ2n) is 5.06. The number of halogens is 2. The number of nitrogens with two attached hydrogens (primary N) is 1. The molecule has 110 valence electrons. The molecule has 0 unspecified atom stereocenters. The summed E-state index contributed by atoms with van der Waals surface area (Å²) in [5.74, 6) is 0.326. The molecule has 1 amide bonds. The average Bonchev–Trinajstić information content (AvgIpc) is 2.38. The molecular formula is C14H18Cl2N2O2. The van der Waals surface area contributed by atoms with E-state index in [4.69, 9.17) is 33.7 Å². The van der Waals surface area contributed by atoms with Gasteiger partial charge in [-0.2, -0.15) is 0 Å². The number of amides is 1. The van der Waals surface area contributed by atoms with Crippen molar-refractivity contribution in [3.8, 4) is 5.75 Å². The standard InChI is InChI=1S/C14H18Cl2N2O2/c1-20-13-10(5-11(15)6-12(13)16)8-18-4-2-3-9(7-18)14(17)19/h5-6,9H,2-4,7-8H2,1H3,(H2,17,19)/t9-/m1/s1. The molecule has 0 spiro atoms. The van der Waals surface area contributed by atoms with Gasteiger partial charge in [0, 0.05) is 23.7 Å². The van der Waals surface area contributed by atoms with Crippen LogP contribution in [0.4, 0.5) is 0 Å². The van der Waals surface area contributed by atoms with E-state index < -0.39 is 0 Å². The number of nitrogens with zero attached hydrogens (tertiary/aromatic N) is 1. The summed E-state index contributed by atoms with van der Waals surface area (Å²) in [4.78, 5) is 13.5. The fourth-order valence-electron chi connectivity index (χ4n) is 2.63. The zero-order chi connectivity index (χ0) is 14.7. The van der Waals surface area contributed by atoms with Crippen LogP contribution in [0.1, 0.15) is 18.4 Å². The summed E-state index contributed by atoms with van der Waals surface area (Å²) in [6.45, 7) is 2.24. The minimum atomic E-state index is -0.231. The van der Waals surface area contributed by atoms with Crippen LogP contribution in [-0.2, 0) is 11.3 Å². The molecule has 2 N–H and O–H groups in total. The van der Waals surface area contributed by atoms with E-state index in [1.807, 2.05) is 6.07 Å². The maximum atomic E-state index is 11.3.